The second-order valence-electron chi connectivity index (χ2n) is 6.38. The molecule has 0 atom stereocenters. The molecule has 2 aromatic rings. The van der Waals surface area contributed by atoms with Crippen LogP contribution in [0.4, 0.5) is 5.69 Å². The van der Waals surface area contributed by atoms with Gasteiger partial charge in [0.1, 0.15) is 5.04 Å². The number of likely N-dealkylation sites (N-methyl/N-ethyl adjacent to an activating group) is 1. The molecule has 0 aliphatic carbocycles. The van der Waals surface area contributed by atoms with Gasteiger partial charge in [0.2, 0.25) is 0 Å². The van der Waals surface area contributed by atoms with Crippen LogP contribution in [0, 0.1) is 13.8 Å². The number of benzene rings is 2. The highest BCUT2D eigenvalue weighted by atomic mass is 79.9. The van der Waals surface area contributed by atoms with Gasteiger partial charge in [-0.1, -0.05) is 57.5 Å². The SMILES string of the molecule is Cc1ccc(C2=NC(=O)/C(=C3/C(=O)N(C)c4c(C)cc(Br)cc43)S2)cc1. The van der Waals surface area contributed by atoms with Crippen LogP contribution in [0.15, 0.2) is 50.8 Å². The Morgan fingerprint density at radius 2 is 1.77 bits per heavy atom. The first-order valence-electron chi connectivity index (χ1n) is 8.07. The number of rotatable bonds is 1. The van der Waals surface area contributed by atoms with Crippen molar-refractivity contribution in [3.05, 3.63) is 68.0 Å². The van der Waals surface area contributed by atoms with E-state index in [2.05, 4.69) is 20.9 Å². The molecule has 0 fully saturated rings. The first kappa shape index (κ1) is 17.2. The van der Waals surface area contributed by atoms with Crippen LogP contribution in [0.5, 0.6) is 0 Å². The van der Waals surface area contributed by atoms with Crippen LogP contribution >= 0.6 is 27.7 Å². The molecule has 0 unspecified atom stereocenters. The van der Waals surface area contributed by atoms with Crippen molar-refractivity contribution in [2.45, 2.75) is 13.8 Å². The van der Waals surface area contributed by atoms with Gasteiger partial charge in [0, 0.05) is 22.6 Å². The molecule has 4 rings (SSSR count). The van der Waals surface area contributed by atoms with Gasteiger partial charge in [-0.3, -0.25) is 9.59 Å². The number of fused-ring (bicyclic) bond motifs is 1. The first-order chi connectivity index (χ1) is 12.4. The molecule has 2 amide bonds. The molecular formula is C20H15BrN2O2S. The van der Waals surface area contributed by atoms with Crippen LogP contribution in [0.1, 0.15) is 22.3 Å². The molecule has 0 aromatic heterocycles. The Kier molecular flexibility index (Phi) is 4.12. The Hall–Kier alpha value is -2.18. The van der Waals surface area contributed by atoms with E-state index in [1.807, 2.05) is 50.2 Å². The van der Waals surface area contributed by atoms with Gasteiger partial charge in [0.15, 0.2) is 0 Å². The Balaban J connectivity index is 1.83. The number of carbonyl (C=O) groups excluding carboxylic acids is 2. The number of hydrogen-bond donors (Lipinski definition) is 0. The van der Waals surface area contributed by atoms with Crippen molar-refractivity contribution in [1.29, 1.82) is 0 Å². The highest BCUT2D eigenvalue weighted by molar-refractivity contribution is 9.10. The average molecular weight is 427 g/mol. The van der Waals surface area contributed by atoms with Gasteiger partial charge in [0.25, 0.3) is 11.8 Å². The van der Waals surface area contributed by atoms with E-state index in [0.29, 0.717) is 15.5 Å². The second kappa shape index (κ2) is 6.21. The molecule has 4 nitrogen and oxygen atoms in total. The lowest BCUT2D eigenvalue weighted by Crippen LogP contribution is -2.21. The minimum atomic E-state index is -0.354. The van der Waals surface area contributed by atoms with E-state index in [1.54, 1.807) is 11.9 Å². The van der Waals surface area contributed by atoms with Crippen LogP contribution < -0.4 is 4.90 Å². The van der Waals surface area contributed by atoms with E-state index >= 15 is 0 Å². The molecule has 2 heterocycles. The van der Waals surface area contributed by atoms with E-state index in [-0.39, 0.29) is 11.8 Å². The predicted octanol–water partition coefficient (Wildman–Crippen LogP) is 4.47. The zero-order valence-electron chi connectivity index (χ0n) is 14.5. The van der Waals surface area contributed by atoms with Crippen molar-refractivity contribution in [1.82, 2.24) is 0 Å². The lowest BCUT2D eigenvalue weighted by molar-refractivity contribution is -0.115. The largest absolute Gasteiger partial charge is 0.310 e. The number of thioether (sulfide) groups is 1. The summed E-state index contributed by atoms with van der Waals surface area (Å²) in [6, 6.07) is 11.7. The molecule has 2 aliphatic heterocycles. The monoisotopic (exact) mass is 426 g/mol. The Morgan fingerprint density at radius 1 is 1.08 bits per heavy atom. The molecule has 2 aliphatic rings. The van der Waals surface area contributed by atoms with Gasteiger partial charge in [-0.15, -0.1) is 0 Å². The summed E-state index contributed by atoms with van der Waals surface area (Å²) in [4.78, 5) is 31.7. The van der Waals surface area contributed by atoms with Crippen molar-refractivity contribution in [2.24, 2.45) is 4.99 Å². The summed E-state index contributed by atoms with van der Waals surface area (Å²) in [7, 11) is 1.74. The first-order valence-corrected chi connectivity index (χ1v) is 9.68. The number of aryl methyl sites for hydroxylation is 2. The summed E-state index contributed by atoms with van der Waals surface area (Å²) in [5.74, 6) is -0.523. The minimum Gasteiger partial charge on any atom is -0.310 e. The molecule has 0 N–H and O–H groups in total. The Labute approximate surface area is 164 Å². The van der Waals surface area contributed by atoms with E-state index in [0.717, 1.165) is 32.4 Å². The molecule has 26 heavy (non-hydrogen) atoms. The number of carbonyl (C=O) groups is 2. The van der Waals surface area contributed by atoms with Crippen molar-refractivity contribution in [3.63, 3.8) is 0 Å². The maximum Gasteiger partial charge on any atom is 0.285 e. The Morgan fingerprint density at radius 3 is 2.46 bits per heavy atom. The van der Waals surface area contributed by atoms with Gasteiger partial charge in [-0.05, 0) is 31.5 Å². The topological polar surface area (TPSA) is 49.7 Å². The van der Waals surface area contributed by atoms with E-state index in [4.69, 9.17) is 0 Å². The highest BCUT2D eigenvalue weighted by Crippen LogP contribution is 2.45. The van der Waals surface area contributed by atoms with Gasteiger partial charge < -0.3 is 4.90 Å². The third-order valence-corrected chi connectivity index (χ3v) is 6.07. The summed E-state index contributed by atoms with van der Waals surface area (Å²) in [5.41, 5.74) is 5.07. The van der Waals surface area contributed by atoms with Crippen LogP contribution in [-0.4, -0.2) is 23.9 Å². The standard InChI is InChI=1S/C20H15BrN2O2S/c1-10-4-6-12(7-5-10)19-22-18(24)17(26-19)15-14-9-13(21)8-11(2)16(14)23(3)20(15)25/h4-9H,1-3H3/b17-15-. The summed E-state index contributed by atoms with van der Waals surface area (Å²) in [6.45, 7) is 3.97. The Bertz CT molecular complexity index is 1040. The van der Waals surface area contributed by atoms with Crippen LogP contribution in [0.3, 0.4) is 0 Å². The fraction of sp³-hybridized carbons (Fsp3) is 0.150. The lowest BCUT2D eigenvalue weighted by Gasteiger charge is -2.12. The van der Waals surface area contributed by atoms with Crippen molar-refractivity contribution >= 4 is 55.8 Å². The molecule has 6 heteroatoms. The number of hydrogen-bond acceptors (Lipinski definition) is 3. The number of aliphatic imine (C=N–C) groups is 1. The number of anilines is 1. The van der Waals surface area contributed by atoms with Crippen molar-refractivity contribution in [3.8, 4) is 0 Å². The summed E-state index contributed by atoms with van der Waals surface area (Å²) in [6.07, 6.45) is 0. The van der Waals surface area contributed by atoms with Crippen molar-refractivity contribution < 1.29 is 9.59 Å². The molecule has 130 valence electrons. The third-order valence-electron chi connectivity index (χ3n) is 4.51. The summed E-state index contributed by atoms with van der Waals surface area (Å²) < 4.78 is 0.880. The minimum absolute atomic E-state index is 0.169. The number of nitrogens with zero attached hydrogens (tertiary/aromatic N) is 2. The lowest BCUT2D eigenvalue weighted by atomic mass is 10.0. The molecule has 0 bridgehead atoms. The maximum atomic E-state index is 12.9. The average Bonchev–Trinajstić information content (AvgIpc) is 3.07. The van der Waals surface area contributed by atoms with Gasteiger partial charge in [-0.25, -0.2) is 4.99 Å². The quantitative estimate of drug-likeness (QED) is 0.631. The zero-order chi connectivity index (χ0) is 18.6. The zero-order valence-corrected chi connectivity index (χ0v) is 16.9. The number of amides is 2. The number of halogens is 1. The summed E-state index contributed by atoms with van der Waals surface area (Å²) in [5, 5.41) is 0.633. The van der Waals surface area contributed by atoms with Gasteiger partial charge in [-0.2, -0.15) is 0 Å². The van der Waals surface area contributed by atoms with Gasteiger partial charge in [0.05, 0.1) is 16.2 Å². The van der Waals surface area contributed by atoms with Crippen LogP contribution in [-0.2, 0) is 9.59 Å². The fourth-order valence-electron chi connectivity index (χ4n) is 3.26. The predicted molar refractivity (Wildman–Crippen MR) is 110 cm³/mol. The smallest absolute Gasteiger partial charge is 0.285 e. The third kappa shape index (κ3) is 2.64. The molecular weight excluding hydrogens is 412 g/mol. The van der Waals surface area contributed by atoms with Crippen LogP contribution in [0.25, 0.3) is 5.57 Å². The molecule has 0 saturated carbocycles. The van der Waals surface area contributed by atoms with E-state index in [1.165, 1.54) is 11.8 Å². The van der Waals surface area contributed by atoms with Crippen LogP contribution in [0.2, 0.25) is 0 Å². The van der Waals surface area contributed by atoms with Crippen molar-refractivity contribution in [2.75, 3.05) is 11.9 Å². The van der Waals surface area contributed by atoms with E-state index < -0.39 is 0 Å². The van der Waals surface area contributed by atoms with Gasteiger partial charge >= 0.3 is 0 Å². The normalized spacial score (nSPS) is 19.2. The highest BCUT2D eigenvalue weighted by Gasteiger charge is 2.38. The molecule has 2 aromatic carbocycles. The second-order valence-corrected chi connectivity index (χ2v) is 8.29. The molecule has 0 spiro atoms. The summed E-state index contributed by atoms with van der Waals surface area (Å²) >= 11 is 4.76. The molecule has 0 radical (unpaired) electrons. The maximum absolute atomic E-state index is 12.9. The fourth-order valence-corrected chi connectivity index (χ4v) is 4.84. The molecule has 0 saturated heterocycles. The van der Waals surface area contributed by atoms with E-state index in [9.17, 15) is 9.59 Å².